The second-order valence-corrected chi connectivity index (χ2v) is 6.71. The molecular weight excluding hydrogens is 240 g/mol. The quantitative estimate of drug-likeness (QED) is 0.581. The van der Waals surface area contributed by atoms with Gasteiger partial charge >= 0.3 is 5.97 Å². The van der Waals surface area contributed by atoms with Crippen LogP contribution in [0.4, 0.5) is 0 Å². The van der Waals surface area contributed by atoms with Crippen LogP contribution in [-0.2, 0) is 14.3 Å². The normalized spacial score (nSPS) is 35.7. The van der Waals surface area contributed by atoms with Crippen molar-refractivity contribution in [2.75, 3.05) is 0 Å². The second kappa shape index (κ2) is 6.06. The molecule has 0 spiro atoms. The first kappa shape index (κ1) is 14.5. The minimum absolute atomic E-state index is 0.0182. The Labute approximate surface area is 116 Å². The molecule has 4 atom stereocenters. The van der Waals surface area contributed by atoms with Gasteiger partial charge in [0.15, 0.2) is 0 Å². The molecule has 3 nitrogen and oxygen atoms in total. The van der Waals surface area contributed by atoms with Crippen LogP contribution in [0.2, 0.25) is 0 Å². The summed E-state index contributed by atoms with van der Waals surface area (Å²) in [6.45, 7) is 6.61. The summed E-state index contributed by atoms with van der Waals surface area (Å²) in [5.74, 6) is 0.959. The average molecular weight is 266 g/mol. The van der Waals surface area contributed by atoms with E-state index in [-0.39, 0.29) is 17.9 Å². The van der Waals surface area contributed by atoms with Gasteiger partial charge in [-0.2, -0.15) is 0 Å². The molecule has 2 rings (SSSR count). The molecule has 0 radical (unpaired) electrons. The highest BCUT2D eigenvalue weighted by atomic mass is 16.5. The standard InChI is InChI=1S/C16H26O3/c1-10(2)12-8-7-11(3)9-15(12)19-16(18)13-5-4-6-14(13)17/h10-13,15H,4-9H2,1-3H3/t11-,12+,13-,15-/m1/s1. The van der Waals surface area contributed by atoms with E-state index >= 15 is 0 Å². The summed E-state index contributed by atoms with van der Waals surface area (Å²) in [7, 11) is 0. The summed E-state index contributed by atoms with van der Waals surface area (Å²) >= 11 is 0. The van der Waals surface area contributed by atoms with Crippen molar-refractivity contribution in [2.24, 2.45) is 23.7 Å². The van der Waals surface area contributed by atoms with Crippen molar-refractivity contribution in [3.8, 4) is 0 Å². The van der Waals surface area contributed by atoms with Gasteiger partial charge in [0.25, 0.3) is 0 Å². The summed E-state index contributed by atoms with van der Waals surface area (Å²) in [5, 5.41) is 0. The smallest absolute Gasteiger partial charge is 0.316 e. The molecule has 0 unspecified atom stereocenters. The Hall–Kier alpha value is -0.860. The molecule has 0 amide bonds. The molecule has 0 aliphatic heterocycles. The van der Waals surface area contributed by atoms with Crippen LogP contribution in [0.25, 0.3) is 0 Å². The maximum Gasteiger partial charge on any atom is 0.316 e. The molecule has 0 aromatic rings. The molecule has 2 aliphatic rings. The first-order chi connectivity index (χ1) is 8.99. The van der Waals surface area contributed by atoms with Crippen LogP contribution < -0.4 is 0 Å². The predicted molar refractivity (Wildman–Crippen MR) is 73.6 cm³/mol. The molecule has 3 heteroatoms. The van der Waals surface area contributed by atoms with E-state index in [1.807, 2.05) is 0 Å². The van der Waals surface area contributed by atoms with E-state index in [0.717, 1.165) is 19.3 Å². The third-order valence-electron chi connectivity index (χ3n) is 4.82. The first-order valence-electron chi connectivity index (χ1n) is 7.72. The van der Waals surface area contributed by atoms with Gasteiger partial charge in [-0.05, 0) is 43.4 Å². The van der Waals surface area contributed by atoms with Crippen LogP contribution in [0.3, 0.4) is 0 Å². The van der Waals surface area contributed by atoms with Gasteiger partial charge in [-0.15, -0.1) is 0 Å². The number of carbonyl (C=O) groups is 2. The van der Waals surface area contributed by atoms with Crippen LogP contribution in [0.1, 0.15) is 59.3 Å². The largest absolute Gasteiger partial charge is 0.462 e. The molecule has 108 valence electrons. The zero-order chi connectivity index (χ0) is 14.0. The van der Waals surface area contributed by atoms with Gasteiger partial charge in [-0.25, -0.2) is 0 Å². The number of ether oxygens (including phenoxy) is 1. The zero-order valence-corrected chi connectivity index (χ0v) is 12.4. The average Bonchev–Trinajstić information content (AvgIpc) is 2.75. The van der Waals surface area contributed by atoms with Crippen LogP contribution in [-0.4, -0.2) is 17.9 Å². The number of rotatable bonds is 3. The van der Waals surface area contributed by atoms with E-state index in [4.69, 9.17) is 4.74 Å². The van der Waals surface area contributed by atoms with Gasteiger partial charge in [-0.3, -0.25) is 9.59 Å². The summed E-state index contributed by atoms with van der Waals surface area (Å²) in [5.41, 5.74) is 0. The minimum Gasteiger partial charge on any atom is -0.462 e. The minimum atomic E-state index is -0.468. The topological polar surface area (TPSA) is 43.4 Å². The highest BCUT2D eigenvalue weighted by molar-refractivity contribution is 6.00. The van der Waals surface area contributed by atoms with E-state index in [1.165, 1.54) is 6.42 Å². The van der Waals surface area contributed by atoms with Gasteiger partial charge in [0.05, 0.1) is 0 Å². The number of hydrogen-bond acceptors (Lipinski definition) is 3. The van der Waals surface area contributed by atoms with E-state index in [2.05, 4.69) is 20.8 Å². The predicted octanol–water partition coefficient (Wildman–Crippen LogP) is 3.36. The van der Waals surface area contributed by atoms with Gasteiger partial charge in [0.2, 0.25) is 0 Å². The Morgan fingerprint density at radius 3 is 2.58 bits per heavy atom. The number of carbonyl (C=O) groups excluding carboxylic acids is 2. The van der Waals surface area contributed by atoms with Crippen molar-refractivity contribution in [3.63, 3.8) is 0 Å². The SMILES string of the molecule is CC(C)[C@@H]1CC[C@@H](C)C[C@H]1OC(=O)[C@@H]1CCCC1=O. The zero-order valence-electron chi connectivity index (χ0n) is 12.4. The summed E-state index contributed by atoms with van der Waals surface area (Å²) < 4.78 is 5.73. The molecule has 19 heavy (non-hydrogen) atoms. The van der Waals surface area contributed by atoms with Gasteiger partial charge in [0.1, 0.15) is 17.8 Å². The van der Waals surface area contributed by atoms with Crippen molar-refractivity contribution >= 4 is 11.8 Å². The molecule has 2 saturated carbocycles. The summed E-state index contributed by atoms with van der Waals surface area (Å²) in [6, 6.07) is 0. The molecule has 0 aromatic carbocycles. The van der Waals surface area contributed by atoms with E-state index in [9.17, 15) is 9.59 Å². The fourth-order valence-electron chi connectivity index (χ4n) is 3.55. The van der Waals surface area contributed by atoms with Gasteiger partial charge in [-0.1, -0.05) is 27.2 Å². The first-order valence-corrected chi connectivity index (χ1v) is 7.72. The van der Waals surface area contributed by atoms with E-state index in [1.54, 1.807) is 0 Å². The van der Waals surface area contributed by atoms with Crippen LogP contribution in [0, 0.1) is 23.7 Å². The second-order valence-electron chi connectivity index (χ2n) is 6.71. The Balaban J connectivity index is 1.98. The van der Waals surface area contributed by atoms with Crippen molar-refractivity contribution in [1.29, 1.82) is 0 Å². The molecule has 2 aliphatic carbocycles. The maximum absolute atomic E-state index is 12.2. The number of ketones is 1. The molecule has 0 heterocycles. The Morgan fingerprint density at radius 2 is 2.00 bits per heavy atom. The summed E-state index contributed by atoms with van der Waals surface area (Å²) in [4.78, 5) is 23.8. The van der Waals surface area contributed by atoms with Gasteiger partial charge < -0.3 is 4.74 Å². The number of esters is 1. The monoisotopic (exact) mass is 266 g/mol. The fraction of sp³-hybridized carbons (Fsp3) is 0.875. The fourth-order valence-corrected chi connectivity index (χ4v) is 3.55. The van der Waals surface area contributed by atoms with Crippen molar-refractivity contribution in [1.82, 2.24) is 0 Å². The van der Waals surface area contributed by atoms with Gasteiger partial charge in [0, 0.05) is 6.42 Å². The lowest BCUT2D eigenvalue weighted by molar-refractivity contribution is -0.162. The van der Waals surface area contributed by atoms with E-state index in [0.29, 0.717) is 30.6 Å². The Bertz CT molecular complexity index is 348. The lowest BCUT2D eigenvalue weighted by atomic mass is 9.75. The van der Waals surface area contributed by atoms with E-state index < -0.39 is 5.92 Å². The van der Waals surface area contributed by atoms with Crippen molar-refractivity contribution < 1.29 is 14.3 Å². The van der Waals surface area contributed by atoms with Crippen LogP contribution in [0.15, 0.2) is 0 Å². The third-order valence-corrected chi connectivity index (χ3v) is 4.82. The Kier molecular flexibility index (Phi) is 4.64. The summed E-state index contributed by atoms with van der Waals surface area (Å²) in [6.07, 6.45) is 5.41. The van der Waals surface area contributed by atoms with Crippen LogP contribution in [0.5, 0.6) is 0 Å². The molecule has 0 N–H and O–H groups in total. The highest BCUT2D eigenvalue weighted by Gasteiger charge is 2.38. The Morgan fingerprint density at radius 1 is 1.26 bits per heavy atom. The van der Waals surface area contributed by atoms with Crippen LogP contribution >= 0.6 is 0 Å². The molecular formula is C16H26O3. The molecule has 2 fully saturated rings. The number of Topliss-reactive ketones (excluding diaryl/α,β-unsaturated/α-hetero) is 1. The molecule has 0 saturated heterocycles. The molecule has 0 bridgehead atoms. The lowest BCUT2D eigenvalue weighted by Crippen LogP contribution is -2.37. The number of hydrogen-bond donors (Lipinski definition) is 0. The van der Waals surface area contributed by atoms with Crippen molar-refractivity contribution in [2.45, 2.75) is 65.4 Å². The van der Waals surface area contributed by atoms with Crippen molar-refractivity contribution in [3.05, 3.63) is 0 Å². The highest BCUT2D eigenvalue weighted by Crippen LogP contribution is 2.36. The lowest BCUT2D eigenvalue weighted by Gasteiger charge is -2.37. The third kappa shape index (κ3) is 3.37. The maximum atomic E-state index is 12.2. The molecule has 0 aromatic heterocycles.